The molecule has 0 bridgehead atoms. The minimum Gasteiger partial charge on any atom is -0.468 e. The van der Waals surface area contributed by atoms with Crippen molar-refractivity contribution in [3.63, 3.8) is 0 Å². The standard InChI is InChI=1S/C26H22F9NO4/c1-4-17-12-19(18-11-14(24(27,28)29)6-7-20(18)36(17)23(38)40-5-2)21(22(37)39-3)13-8-15(25(30,31)32)10-16(9-13)26(33,34)35/h6-12,17,21H,4-5H2,1-3H3. The molecule has 2 unspecified atom stereocenters. The summed E-state index contributed by atoms with van der Waals surface area (Å²) >= 11 is 0. The highest BCUT2D eigenvalue weighted by atomic mass is 19.4. The Bertz CT molecular complexity index is 1280. The number of rotatable bonds is 5. The Hall–Kier alpha value is -3.71. The lowest BCUT2D eigenvalue weighted by molar-refractivity contribution is -0.144. The van der Waals surface area contributed by atoms with Crippen molar-refractivity contribution >= 4 is 23.3 Å². The fourth-order valence-electron chi connectivity index (χ4n) is 4.39. The minimum absolute atomic E-state index is 0.0903. The fourth-order valence-corrected chi connectivity index (χ4v) is 4.39. The molecule has 0 radical (unpaired) electrons. The van der Waals surface area contributed by atoms with Crippen LogP contribution < -0.4 is 4.90 Å². The highest BCUT2D eigenvalue weighted by Crippen LogP contribution is 2.47. The summed E-state index contributed by atoms with van der Waals surface area (Å²) in [5, 5.41) is 0. The summed E-state index contributed by atoms with van der Waals surface area (Å²) in [5.41, 5.74) is -6.49. The number of amides is 1. The zero-order valence-electron chi connectivity index (χ0n) is 21.1. The van der Waals surface area contributed by atoms with E-state index < -0.39 is 70.4 Å². The molecule has 0 aliphatic carbocycles. The van der Waals surface area contributed by atoms with Gasteiger partial charge in [-0.25, -0.2) is 4.79 Å². The second-order valence-electron chi connectivity index (χ2n) is 8.69. The molecule has 2 aromatic carbocycles. The van der Waals surface area contributed by atoms with Gasteiger partial charge >= 0.3 is 30.6 Å². The Balaban J connectivity index is 2.40. The van der Waals surface area contributed by atoms with E-state index in [1.807, 2.05) is 0 Å². The van der Waals surface area contributed by atoms with Crippen molar-refractivity contribution in [1.82, 2.24) is 0 Å². The van der Waals surface area contributed by atoms with Gasteiger partial charge in [0.15, 0.2) is 0 Å². The number of anilines is 1. The average molecular weight is 583 g/mol. The summed E-state index contributed by atoms with van der Waals surface area (Å²) < 4.78 is 132. The van der Waals surface area contributed by atoms with Gasteiger partial charge < -0.3 is 9.47 Å². The van der Waals surface area contributed by atoms with Crippen LogP contribution in [0.2, 0.25) is 0 Å². The molecule has 2 atom stereocenters. The molecule has 1 heterocycles. The van der Waals surface area contributed by atoms with Gasteiger partial charge in [0.05, 0.1) is 42.1 Å². The maximum atomic E-state index is 13.7. The van der Waals surface area contributed by atoms with Crippen LogP contribution in [0.4, 0.5) is 50.0 Å². The predicted molar refractivity (Wildman–Crippen MR) is 124 cm³/mol. The lowest BCUT2D eigenvalue weighted by atomic mass is 9.80. The van der Waals surface area contributed by atoms with Crippen LogP contribution in [0.5, 0.6) is 0 Å². The number of benzene rings is 2. The van der Waals surface area contributed by atoms with Gasteiger partial charge in [-0.3, -0.25) is 9.69 Å². The normalized spacial score (nSPS) is 16.6. The number of hydrogen-bond acceptors (Lipinski definition) is 4. The van der Waals surface area contributed by atoms with Crippen LogP contribution in [-0.4, -0.2) is 31.8 Å². The molecular formula is C26H22F9NO4. The number of fused-ring (bicyclic) bond motifs is 1. The van der Waals surface area contributed by atoms with Crippen LogP contribution >= 0.6 is 0 Å². The highest BCUT2D eigenvalue weighted by molar-refractivity contribution is 6.02. The number of carbonyl (C=O) groups is 2. The molecule has 5 nitrogen and oxygen atoms in total. The SMILES string of the molecule is CCOC(=O)N1c2ccc(C(F)(F)F)cc2C(C(C(=O)OC)c2cc(C(F)(F)F)cc(C(F)(F)F)c2)=CC1CC. The molecular weight excluding hydrogens is 561 g/mol. The van der Waals surface area contributed by atoms with E-state index in [1.54, 1.807) is 6.92 Å². The summed E-state index contributed by atoms with van der Waals surface area (Å²) in [6, 6.07) is 1.63. The zero-order valence-corrected chi connectivity index (χ0v) is 21.1. The van der Waals surface area contributed by atoms with Crippen molar-refractivity contribution in [2.24, 2.45) is 0 Å². The Morgan fingerprint density at radius 2 is 1.40 bits per heavy atom. The van der Waals surface area contributed by atoms with Gasteiger partial charge in [0, 0.05) is 5.56 Å². The van der Waals surface area contributed by atoms with Gasteiger partial charge in [0.2, 0.25) is 0 Å². The predicted octanol–water partition coefficient (Wildman–Crippen LogP) is 7.84. The minimum atomic E-state index is -5.26. The number of methoxy groups -OCH3 is 1. The van der Waals surface area contributed by atoms with Gasteiger partial charge in [0.25, 0.3) is 0 Å². The number of esters is 1. The molecule has 0 saturated heterocycles. The van der Waals surface area contributed by atoms with Crippen molar-refractivity contribution in [2.75, 3.05) is 18.6 Å². The second kappa shape index (κ2) is 11.0. The highest BCUT2D eigenvalue weighted by Gasteiger charge is 2.42. The molecule has 3 rings (SSSR count). The third-order valence-corrected chi connectivity index (χ3v) is 6.17. The Morgan fingerprint density at radius 1 is 0.850 bits per heavy atom. The molecule has 0 N–H and O–H groups in total. The first-order chi connectivity index (χ1) is 18.4. The van der Waals surface area contributed by atoms with E-state index in [9.17, 15) is 49.1 Å². The van der Waals surface area contributed by atoms with Crippen molar-refractivity contribution < 1.29 is 58.6 Å². The maximum absolute atomic E-state index is 13.7. The number of halogens is 9. The smallest absolute Gasteiger partial charge is 0.416 e. The van der Waals surface area contributed by atoms with Crippen molar-refractivity contribution in [2.45, 2.75) is 50.8 Å². The van der Waals surface area contributed by atoms with Gasteiger partial charge in [0.1, 0.15) is 5.92 Å². The molecule has 40 heavy (non-hydrogen) atoms. The third kappa shape index (κ3) is 6.20. The number of hydrogen-bond donors (Lipinski definition) is 0. The molecule has 0 aromatic heterocycles. The van der Waals surface area contributed by atoms with Gasteiger partial charge in [-0.2, -0.15) is 39.5 Å². The van der Waals surface area contributed by atoms with E-state index in [0.29, 0.717) is 24.3 Å². The topological polar surface area (TPSA) is 55.8 Å². The van der Waals surface area contributed by atoms with Crippen molar-refractivity contribution in [1.29, 1.82) is 0 Å². The maximum Gasteiger partial charge on any atom is 0.416 e. The quantitative estimate of drug-likeness (QED) is 0.266. The van der Waals surface area contributed by atoms with Crippen molar-refractivity contribution in [3.8, 4) is 0 Å². The summed E-state index contributed by atoms with van der Waals surface area (Å²) in [5.74, 6) is -3.35. The molecule has 2 aromatic rings. The summed E-state index contributed by atoms with van der Waals surface area (Å²) in [4.78, 5) is 26.8. The molecule has 218 valence electrons. The number of ether oxygens (including phenoxy) is 2. The second-order valence-corrected chi connectivity index (χ2v) is 8.69. The molecule has 14 heteroatoms. The summed E-state index contributed by atoms with van der Waals surface area (Å²) in [7, 11) is 0.826. The Labute approximate surface area is 222 Å². The average Bonchev–Trinajstić information content (AvgIpc) is 2.86. The Kier molecular flexibility index (Phi) is 8.51. The fraction of sp³-hybridized carbons (Fsp3) is 0.385. The summed E-state index contributed by atoms with van der Waals surface area (Å²) in [6.07, 6.45) is -15.2. The van der Waals surface area contributed by atoms with E-state index in [-0.39, 0.29) is 30.4 Å². The lowest BCUT2D eigenvalue weighted by Crippen LogP contribution is -2.42. The van der Waals surface area contributed by atoms with Crippen LogP contribution in [0.25, 0.3) is 5.57 Å². The van der Waals surface area contributed by atoms with E-state index >= 15 is 0 Å². The van der Waals surface area contributed by atoms with Gasteiger partial charge in [-0.1, -0.05) is 13.0 Å². The molecule has 0 fully saturated rings. The lowest BCUT2D eigenvalue weighted by Gasteiger charge is -2.37. The van der Waals surface area contributed by atoms with Crippen LogP contribution in [0.3, 0.4) is 0 Å². The van der Waals surface area contributed by atoms with Crippen LogP contribution in [0.15, 0.2) is 42.5 Å². The number of nitrogens with zero attached hydrogens (tertiary/aromatic N) is 1. The van der Waals surface area contributed by atoms with E-state index in [4.69, 9.17) is 9.47 Å². The first-order valence-corrected chi connectivity index (χ1v) is 11.7. The third-order valence-electron chi connectivity index (χ3n) is 6.17. The van der Waals surface area contributed by atoms with Gasteiger partial charge in [-0.05, 0) is 60.9 Å². The monoisotopic (exact) mass is 583 g/mol. The van der Waals surface area contributed by atoms with E-state index in [2.05, 4.69) is 0 Å². The molecule has 1 amide bonds. The molecule has 0 spiro atoms. The molecule has 1 aliphatic heterocycles. The summed E-state index contributed by atoms with van der Waals surface area (Å²) in [6.45, 7) is 2.95. The van der Waals surface area contributed by atoms with Crippen LogP contribution in [-0.2, 0) is 32.8 Å². The first-order valence-electron chi connectivity index (χ1n) is 11.7. The first kappa shape index (κ1) is 30.8. The molecule has 0 saturated carbocycles. The van der Waals surface area contributed by atoms with E-state index in [1.165, 1.54) is 6.92 Å². The van der Waals surface area contributed by atoms with Crippen LogP contribution in [0, 0.1) is 0 Å². The van der Waals surface area contributed by atoms with Crippen LogP contribution in [0.1, 0.15) is 54.0 Å². The van der Waals surface area contributed by atoms with Gasteiger partial charge in [-0.15, -0.1) is 0 Å². The van der Waals surface area contributed by atoms with E-state index in [0.717, 1.165) is 24.2 Å². The van der Waals surface area contributed by atoms with Crippen molar-refractivity contribution in [3.05, 3.63) is 70.3 Å². The molecule has 1 aliphatic rings. The Morgan fingerprint density at radius 3 is 1.85 bits per heavy atom. The zero-order chi connectivity index (χ0) is 30.2. The number of carbonyl (C=O) groups excluding carboxylic acids is 2. The number of alkyl halides is 9. The largest absolute Gasteiger partial charge is 0.468 e.